The van der Waals surface area contributed by atoms with E-state index in [0.29, 0.717) is 11.1 Å². The largest absolute Gasteiger partial charge is 0.465 e. The molecule has 0 aliphatic rings. The van der Waals surface area contributed by atoms with Crippen LogP contribution in [0.2, 0.25) is 0 Å². The first-order valence-corrected chi connectivity index (χ1v) is 9.34. The molecule has 0 fully saturated rings. The average Bonchev–Trinajstić information content (AvgIpc) is 2.77. The zero-order chi connectivity index (χ0) is 21.0. The van der Waals surface area contributed by atoms with Crippen molar-refractivity contribution in [2.75, 3.05) is 14.2 Å². The van der Waals surface area contributed by atoms with Gasteiger partial charge < -0.3 is 14.2 Å². The fourth-order valence-electron chi connectivity index (χ4n) is 3.43. The summed E-state index contributed by atoms with van der Waals surface area (Å²) in [7, 11) is 2.80. The molecule has 0 aromatic heterocycles. The average molecular weight is 392 g/mol. The Morgan fingerprint density at radius 3 is 2.28 bits per heavy atom. The van der Waals surface area contributed by atoms with Crippen LogP contribution in [0, 0.1) is 0 Å². The molecule has 3 aromatic rings. The lowest BCUT2D eigenvalue weighted by molar-refractivity contribution is -0.173. The van der Waals surface area contributed by atoms with Gasteiger partial charge in [0.15, 0.2) is 5.60 Å². The minimum Gasteiger partial charge on any atom is -0.465 e. The number of benzene rings is 3. The minimum atomic E-state index is -1.31. The molecule has 0 aliphatic carbocycles. The topological polar surface area (TPSA) is 61.8 Å². The van der Waals surface area contributed by atoms with E-state index < -0.39 is 23.6 Å². The number of hydrogen-bond donors (Lipinski definition) is 0. The van der Waals surface area contributed by atoms with Gasteiger partial charge in [-0.1, -0.05) is 60.7 Å². The summed E-state index contributed by atoms with van der Waals surface area (Å²) in [5.74, 6) is -1.02. The number of carbonyl (C=O) groups is 2. The summed E-state index contributed by atoms with van der Waals surface area (Å²) < 4.78 is 16.3. The lowest BCUT2D eigenvalue weighted by Crippen LogP contribution is -2.37. The van der Waals surface area contributed by atoms with Gasteiger partial charge in [0.05, 0.1) is 12.7 Å². The summed E-state index contributed by atoms with van der Waals surface area (Å²) in [6, 6.07) is 20.4. The second kappa shape index (κ2) is 8.45. The molecule has 0 heterocycles. The molecular weight excluding hydrogens is 368 g/mol. The molecule has 0 saturated carbocycles. The highest BCUT2D eigenvalue weighted by Gasteiger charge is 2.39. The molecule has 2 atom stereocenters. The van der Waals surface area contributed by atoms with Crippen molar-refractivity contribution in [1.82, 2.24) is 0 Å². The van der Waals surface area contributed by atoms with E-state index >= 15 is 0 Å². The van der Waals surface area contributed by atoms with Gasteiger partial charge >= 0.3 is 11.9 Å². The highest BCUT2D eigenvalue weighted by molar-refractivity contribution is 5.93. The quantitative estimate of drug-likeness (QED) is 0.564. The third kappa shape index (κ3) is 3.87. The predicted octanol–water partition coefficient (Wildman–Crippen LogP) is 4.79. The van der Waals surface area contributed by atoms with Gasteiger partial charge in [-0.15, -0.1) is 0 Å². The Balaban J connectivity index is 1.95. The maximum Gasteiger partial charge on any atom is 0.343 e. The van der Waals surface area contributed by atoms with Crippen LogP contribution >= 0.6 is 0 Å². The van der Waals surface area contributed by atoms with E-state index in [1.54, 1.807) is 38.1 Å². The first kappa shape index (κ1) is 20.6. The molecule has 0 saturated heterocycles. The van der Waals surface area contributed by atoms with Crippen LogP contribution in [-0.4, -0.2) is 26.2 Å². The third-order valence-electron chi connectivity index (χ3n) is 5.19. The monoisotopic (exact) mass is 392 g/mol. The Labute approximate surface area is 170 Å². The van der Waals surface area contributed by atoms with E-state index in [9.17, 15) is 9.59 Å². The molecule has 29 heavy (non-hydrogen) atoms. The summed E-state index contributed by atoms with van der Waals surface area (Å²) in [6.07, 6.45) is -0.665. The molecule has 1 unspecified atom stereocenters. The first-order chi connectivity index (χ1) is 13.9. The highest BCUT2D eigenvalue weighted by Crippen LogP contribution is 2.34. The van der Waals surface area contributed by atoms with Gasteiger partial charge in [0.2, 0.25) is 0 Å². The van der Waals surface area contributed by atoms with Crippen LogP contribution in [0.25, 0.3) is 10.8 Å². The van der Waals surface area contributed by atoms with Gasteiger partial charge in [-0.25, -0.2) is 9.59 Å². The normalized spacial score (nSPS) is 14.1. The van der Waals surface area contributed by atoms with Gasteiger partial charge in [-0.2, -0.15) is 0 Å². The van der Waals surface area contributed by atoms with Crippen LogP contribution in [0.1, 0.15) is 41.4 Å². The molecular formula is C24H24O5. The molecule has 0 bridgehead atoms. The molecule has 0 amide bonds. The van der Waals surface area contributed by atoms with Crippen molar-refractivity contribution in [3.63, 3.8) is 0 Å². The number of carbonyl (C=O) groups excluding carboxylic acids is 2. The fraction of sp³-hybridized carbons (Fsp3) is 0.250. The Hall–Kier alpha value is -3.18. The molecule has 3 aromatic carbocycles. The standard InChI is InChI=1S/C24H24O5/c1-16(18-12-7-8-14-20(18)22(25)27-3)29-23(26)24(2,28-4)21-15-9-11-17-10-5-6-13-19(17)21/h5-16H,1-4H3/t16?,24-/m0/s1. The van der Waals surface area contributed by atoms with E-state index in [4.69, 9.17) is 14.2 Å². The number of rotatable bonds is 6. The molecule has 0 spiro atoms. The SMILES string of the molecule is COC(=O)c1ccccc1C(C)OC(=O)[C@@](C)(OC)c1cccc2ccccc12. The van der Waals surface area contributed by atoms with Crippen molar-refractivity contribution >= 4 is 22.7 Å². The van der Waals surface area contributed by atoms with Crippen molar-refractivity contribution in [2.24, 2.45) is 0 Å². The lowest BCUT2D eigenvalue weighted by atomic mass is 9.90. The van der Waals surface area contributed by atoms with Gasteiger partial charge in [-0.3, -0.25) is 0 Å². The van der Waals surface area contributed by atoms with Crippen LogP contribution in [0.5, 0.6) is 0 Å². The fourth-order valence-corrected chi connectivity index (χ4v) is 3.43. The van der Waals surface area contributed by atoms with Crippen LogP contribution in [0.4, 0.5) is 0 Å². The number of methoxy groups -OCH3 is 2. The summed E-state index contributed by atoms with van der Waals surface area (Å²) in [6.45, 7) is 3.41. The highest BCUT2D eigenvalue weighted by atomic mass is 16.6. The number of esters is 2. The van der Waals surface area contributed by atoms with E-state index in [-0.39, 0.29) is 0 Å². The second-order valence-electron chi connectivity index (χ2n) is 6.89. The summed E-state index contributed by atoms with van der Waals surface area (Å²) in [5.41, 5.74) is 0.343. The Morgan fingerprint density at radius 2 is 1.55 bits per heavy atom. The first-order valence-electron chi connectivity index (χ1n) is 9.34. The van der Waals surface area contributed by atoms with E-state index in [0.717, 1.165) is 16.3 Å². The second-order valence-corrected chi connectivity index (χ2v) is 6.89. The number of hydrogen-bond acceptors (Lipinski definition) is 5. The maximum atomic E-state index is 13.2. The molecule has 5 heteroatoms. The van der Waals surface area contributed by atoms with Gasteiger partial charge in [0.25, 0.3) is 0 Å². The van der Waals surface area contributed by atoms with Crippen molar-refractivity contribution < 1.29 is 23.8 Å². The molecule has 3 rings (SSSR count). The van der Waals surface area contributed by atoms with Crippen molar-refractivity contribution in [3.8, 4) is 0 Å². The van der Waals surface area contributed by atoms with Crippen LogP contribution < -0.4 is 0 Å². The summed E-state index contributed by atoms with van der Waals surface area (Å²) >= 11 is 0. The van der Waals surface area contributed by atoms with E-state index in [1.165, 1.54) is 14.2 Å². The lowest BCUT2D eigenvalue weighted by Gasteiger charge is -2.29. The molecule has 5 nitrogen and oxygen atoms in total. The molecule has 0 radical (unpaired) electrons. The van der Waals surface area contributed by atoms with Crippen molar-refractivity contribution in [3.05, 3.63) is 83.4 Å². The molecule has 0 aliphatic heterocycles. The smallest absolute Gasteiger partial charge is 0.343 e. The van der Waals surface area contributed by atoms with Gasteiger partial charge in [0.1, 0.15) is 6.10 Å². The minimum absolute atomic E-state index is 0.361. The summed E-state index contributed by atoms with van der Waals surface area (Å²) in [4.78, 5) is 25.3. The Bertz CT molecular complexity index is 1040. The number of ether oxygens (including phenoxy) is 3. The zero-order valence-corrected chi connectivity index (χ0v) is 17.0. The Morgan fingerprint density at radius 1 is 0.897 bits per heavy atom. The molecule has 0 N–H and O–H groups in total. The molecule has 150 valence electrons. The van der Waals surface area contributed by atoms with Gasteiger partial charge in [-0.05, 0) is 30.7 Å². The third-order valence-corrected chi connectivity index (χ3v) is 5.19. The summed E-state index contributed by atoms with van der Waals surface area (Å²) in [5, 5.41) is 1.92. The van der Waals surface area contributed by atoms with Gasteiger partial charge in [0, 0.05) is 18.2 Å². The van der Waals surface area contributed by atoms with Crippen LogP contribution in [-0.2, 0) is 24.6 Å². The Kier molecular flexibility index (Phi) is 5.99. The van der Waals surface area contributed by atoms with Crippen LogP contribution in [0.3, 0.4) is 0 Å². The predicted molar refractivity (Wildman–Crippen MR) is 111 cm³/mol. The van der Waals surface area contributed by atoms with Crippen molar-refractivity contribution in [2.45, 2.75) is 25.6 Å². The van der Waals surface area contributed by atoms with E-state index in [2.05, 4.69) is 0 Å². The number of fused-ring (bicyclic) bond motifs is 1. The van der Waals surface area contributed by atoms with E-state index in [1.807, 2.05) is 42.5 Å². The maximum absolute atomic E-state index is 13.2. The zero-order valence-electron chi connectivity index (χ0n) is 17.0. The van der Waals surface area contributed by atoms with Crippen LogP contribution in [0.15, 0.2) is 66.7 Å². The van der Waals surface area contributed by atoms with Crippen molar-refractivity contribution in [1.29, 1.82) is 0 Å².